The van der Waals surface area contributed by atoms with Crippen molar-refractivity contribution in [1.29, 1.82) is 0 Å². The van der Waals surface area contributed by atoms with Crippen LogP contribution in [-0.4, -0.2) is 37.6 Å². The monoisotopic (exact) mass is 262 g/mol. The van der Waals surface area contributed by atoms with E-state index in [1.807, 2.05) is 20.0 Å². The number of hydrogen-bond donors (Lipinski definition) is 1. The first-order valence-electron chi connectivity index (χ1n) is 6.77. The fourth-order valence-electron chi connectivity index (χ4n) is 2.45. The molecule has 1 atom stereocenters. The van der Waals surface area contributed by atoms with Gasteiger partial charge in [0.15, 0.2) is 0 Å². The summed E-state index contributed by atoms with van der Waals surface area (Å²) in [6.07, 6.45) is 2.23. The lowest BCUT2D eigenvalue weighted by Crippen LogP contribution is -2.35. The zero-order chi connectivity index (χ0) is 13.8. The van der Waals surface area contributed by atoms with Crippen LogP contribution in [-0.2, 0) is 4.74 Å². The zero-order valence-electron chi connectivity index (χ0n) is 11.7. The minimum atomic E-state index is 0.0497. The smallest absolute Gasteiger partial charge is 0.253 e. The molecule has 0 aliphatic carbocycles. The second-order valence-corrected chi connectivity index (χ2v) is 5.34. The summed E-state index contributed by atoms with van der Waals surface area (Å²) < 4.78 is 5.45. The first-order chi connectivity index (χ1) is 9.08. The van der Waals surface area contributed by atoms with Crippen molar-refractivity contribution in [2.45, 2.75) is 19.8 Å². The van der Waals surface area contributed by atoms with Gasteiger partial charge in [0.2, 0.25) is 0 Å². The van der Waals surface area contributed by atoms with Crippen LogP contribution < -0.4 is 5.73 Å². The molecule has 0 aromatic heterocycles. The molecular weight excluding hydrogens is 240 g/mol. The number of aryl methyl sites for hydroxylation is 1. The van der Waals surface area contributed by atoms with E-state index in [4.69, 9.17) is 10.5 Å². The normalized spacial score (nSPS) is 19.2. The van der Waals surface area contributed by atoms with Gasteiger partial charge in [0, 0.05) is 31.5 Å². The van der Waals surface area contributed by atoms with E-state index in [-0.39, 0.29) is 5.91 Å². The molecule has 4 heteroatoms. The molecule has 0 bridgehead atoms. The summed E-state index contributed by atoms with van der Waals surface area (Å²) in [4.78, 5) is 14.1. The molecule has 4 nitrogen and oxygen atoms in total. The number of rotatable bonds is 3. The molecule has 1 unspecified atom stereocenters. The maximum absolute atomic E-state index is 12.3. The number of carbonyl (C=O) groups excluding carboxylic acids is 1. The Morgan fingerprint density at radius 3 is 2.95 bits per heavy atom. The van der Waals surface area contributed by atoms with Gasteiger partial charge in [0.25, 0.3) is 5.91 Å². The van der Waals surface area contributed by atoms with Gasteiger partial charge in [-0.05, 0) is 49.4 Å². The van der Waals surface area contributed by atoms with Crippen molar-refractivity contribution in [3.05, 3.63) is 29.3 Å². The lowest BCUT2D eigenvalue weighted by molar-refractivity contribution is 0.0388. The largest absolute Gasteiger partial charge is 0.399 e. The Balaban J connectivity index is 1.99. The van der Waals surface area contributed by atoms with Gasteiger partial charge in [0.05, 0.1) is 6.61 Å². The Labute approximate surface area is 114 Å². The summed E-state index contributed by atoms with van der Waals surface area (Å²) >= 11 is 0. The molecule has 19 heavy (non-hydrogen) atoms. The lowest BCUT2D eigenvalue weighted by Gasteiger charge is -2.27. The van der Waals surface area contributed by atoms with Crippen molar-refractivity contribution in [3.63, 3.8) is 0 Å². The fraction of sp³-hybridized carbons (Fsp3) is 0.533. The average Bonchev–Trinajstić information content (AvgIpc) is 2.42. The molecule has 1 fully saturated rings. The molecule has 1 heterocycles. The van der Waals surface area contributed by atoms with Crippen LogP contribution in [0.15, 0.2) is 18.2 Å². The molecular formula is C15H22N2O2. The molecule has 0 saturated carbocycles. The van der Waals surface area contributed by atoms with Crippen molar-refractivity contribution in [2.24, 2.45) is 5.92 Å². The van der Waals surface area contributed by atoms with Gasteiger partial charge in [-0.3, -0.25) is 4.79 Å². The summed E-state index contributed by atoms with van der Waals surface area (Å²) in [7, 11) is 1.85. The molecule has 1 amide bonds. The first-order valence-corrected chi connectivity index (χ1v) is 6.77. The van der Waals surface area contributed by atoms with Crippen LogP contribution in [0.3, 0.4) is 0 Å². The van der Waals surface area contributed by atoms with Crippen LogP contribution in [0.5, 0.6) is 0 Å². The van der Waals surface area contributed by atoms with Gasteiger partial charge in [0.1, 0.15) is 0 Å². The number of ether oxygens (including phenoxy) is 1. The van der Waals surface area contributed by atoms with E-state index in [1.54, 1.807) is 17.0 Å². The van der Waals surface area contributed by atoms with E-state index in [0.29, 0.717) is 11.5 Å². The van der Waals surface area contributed by atoms with E-state index in [0.717, 1.165) is 43.9 Å². The van der Waals surface area contributed by atoms with Gasteiger partial charge < -0.3 is 15.4 Å². The first kappa shape index (κ1) is 13.9. The molecule has 0 spiro atoms. The third-order valence-electron chi connectivity index (χ3n) is 3.65. The predicted molar refractivity (Wildman–Crippen MR) is 76.1 cm³/mol. The second-order valence-electron chi connectivity index (χ2n) is 5.34. The van der Waals surface area contributed by atoms with Crippen molar-refractivity contribution < 1.29 is 9.53 Å². The third kappa shape index (κ3) is 3.47. The fourth-order valence-corrected chi connectivity index (χ4v) is 2.45. The zero-order valence-corrected chi connectivity index (χ0v) is 11.7. The van der Waals surface area contributed by atoms with Gasteiger partial charge in [-0.25, -0.2) is 0 Å². The lowest BCUT2D eigenvalue weighted by atomic mass is 10.0. The van der Waals surface area contributed by atoms with Crippen LogP contribution in [0.25, 0.3) is 0 Å². The molecule has 2 N–H and O–H groups in total. The van der Waals surface area contributed by atoms with Crippen LogP contribution in [0, 0.1) is 12.8 Å². The molecule has 104 valence electrons. The molecule has 1 aliphatic rings. The highest BCUT2D eigenvalue weighted by molar-refractivity contribution is 5.94. The number of carbonyl (C=O) groups is 1. The van der Waals surface area contributed by atoms with E-state index in [2.05, 4.69) is 0 Å². The number of nitrogen functional groups attached to an aromatic ring is 1. The van der Waals surface area contributed by atoms with Crippen molar-refractivity contribution >= 4 is 11.6 Å². The summed E-state index contributed by atoms with van der Waals surface area (Å²) in [6, 6.07) is 5.43. The van der Waals surface area contributed by atoms with Gasteiger partial charge in [-0.2, -0.15) is 0 Å². The molecule has 1 aliphatic heterocycles. The quantitative estimate of drug-likeness (QED) is 0.848. The molecule has 1 saturated heterocycles. The second kappa shape index (κ2) is 6.06. The summed E-state index contributed by atoms with van der Waals surface area (Å²) in [5, 5.41) is 0. The summed E-state index contributed by atoms with van der Waals surface area (Å²) in [5.74, 6) is 0.506. The number of benzene rings is 1. The van der Waals surface area contributed by atoms with Crippen molar-refractivity contribution in [2.75, 3.05) is 32.5 Å². The van der Waals surface area contributed by atoms with E-state index in [9.17, 15) is 4.79 Å². The number of hydrogen-bond acceptors (Lipinski definition) is 3. The highest BCUT2D eigenvalue weighted by Crippen LogP contribution is 2.17. The topological polar surface area (TPSA) is 55.6 Å². The van der Waals surface area contributed by atoms with Gasteiger partial charge in [-0.1, -0.05) is 0 Å². The van der Waals surface area contributed by atoms with E-state index in [1.165, 1.54) is 0 Å². The van der Waals surface area contributed by atoms with Crippen molar-refractivity contribution in [3.8, 4) is 0 Å². The third-order valence-corrected chi connectivity index (χ3v) is 3.65. The minimum Gasteiger partial charge on any atom is -0.399 e. The van der Waals surface area contributed by atoms with Gasteiger partial charge >= 0.3 is 0 Å². The maximum atomic E-state index is 12.3. The Bertz CT molecular complexity index is 453. The van der Waals surface area contributed by atoms with Crippen LogP contribution in [0.1, 0.15) is 28.8 Å². The Morgan fingerprint density at radius 1 is 1.53 bits per heavy atom. The predicted octanol–water partition coefficient (Wildman–Crippen LogP) is 2.08. The molecule has 0 radical (unpaired) electrons. The Morgan fingerprint density at radius 2 is 2.32 bits per heavy atom. The van der Waals surface area contributed by atoms with Gasteiger partial charge in [-0.15, -0.1) is 0 Å². The Kier molecular flexibility index (Phi) is 4.43. The minimum absolute atomic E-state index is 0.0497. The number of amides is 1. The molecule has 2 rings (SSSR count). The number of nitrogens with two attached hydrogens (primary N) is 1. The van der Waals surface area contributed by atoms with Crippen molar-refractivity contribution in [1.82, 2.24) is 4.90 Å². The van der Waals surface area contributed by atoms with Crippen LogP contribution in [0.4, 0.5) is 5.69 Å². The summed E-state index contributed by atoms with van der Waals surface area (Å²) in [5.41, 5.74) is 8.14. The SMILES string of the molecule is Cc1cc(C(=O)N(C)CC2CCCOC2)ccc1N. The van der Waals surface area contributed by atoms with Crippen LogP contribution >= 0.6 is 0 Å². The van der Waals surface area contributed by atoms with E-state index >= 15 is 0 Å². The Hall–Kier alpha value is -1.55. The standard InChI is InChI=1S/C15H22N2O2/c1-11-8-13(5-6-14(11)16)15(18)17(2)9-12-4-3-7-19-10-12/h5-6,8,12H,3-4,7,9-10,16H2,1-2H3. The number of nitrogens with zero attached hydrogens (tertiary/aromatic N) is 1. The molecule has 1 aromatic carbocycles. The maximum Gasteiger partial charge on any atom is 0.253 e. The van der Waals surface area contributed by atoms with Crippen LogP contribution in [0.2, 0.25) is 0 Å². The molecule has 1 aromatic rings. The van der Waals surface area contributed by atoms with E-state index < -0.39 is 0 Å². The summed E-state index contributed by atoms with van der Waals surface area (Å²) in [6.45, 7) is 4.28. The average molecular weight is 262 g/mol. The highest BCUT2D eigenvalue weighted by atomic mass is 16.5. The number of anilines is 1. The highest BCUT2D eigenvalue weighted by Gasteiger charge is 2.19.